The van der Waals surface area contributed by atoms with Gasteiger partial charge >= 0.3 is 0 Å². The Morgan fingerprint density at radius 3 is 3.06 bits per heavy atom. The zero-order valence-electron chi connectivity index (χ0n) is 9.78. The molecule has 2 aliphatic heterocycles. The first-order valence-electron chi connectivity index (χ1n) is 6.13. The number of benzene rings is 1. The molecule has 0 aliphatic carbocycles. The highest BCUT2D eigenvalue weighted by Crippen LogP contribution is 2.32. The molecular formula is C13H17NO3. The van der Waals surface area contributed by atoms with Crippen molar-refractivity contribution in [3.63, 3.8) is 0 Å². The molecule has 0 aromatic heterocycles. The molecule has 0 amide bonds. The van der Waals surface area contributed by atoms with Crippen molar-refractivity contribution in [1.29, 1.82) is 0 Å². The first-order chi connectivity index (χ1) is 8.42. The summed E-state index contributed by atoms with van der Waals surface area (Å²) < 4.78 is 16.2. The van der Waals surface area contributed by atoms with Crippen molar-refractivity contribution in [2.45, 2.75) is 25.5 Å². The highest BCUT2D eigenvalue weighted by molar-refractivity contribution is 5.44. The molecule has 1 aromatic rings. The lowest BCUT2D eigenvalue weighted by atomic mass is 10.2. The van der Waals surface area contributed by atoms with Gasteiger partial charge in [-0.3, -0.25) is 0 Å². The molecule has 1 N–H and O–H groups in total. The molecule has 4 heteroatoms. The summed E-state index contributed by atoms with van der Waals surface area (Å²) >= 11 is 0. The highest BCUT2D eigenvalue weighted by Gasteiger charge is 2.15. The monoisotopic (exact) mass is 235 g/mol. The van der Waals surface area contributed by atoms with Crippen molar-refractivity contribution < 1.29 is 14.2 Å². The molecule has 17 heavy (non-hydrogen) atoms. The summed E-state index contributed by atoms with van der Waals surface area (Å²) in [6.07, 6.45) is 2.76. The molecule has 2 aliphatic rings. The Bertz CT molecular complexity index is 388. The molecule has 0 bridgehead atoms. The Morgan fingerprint density at radius 1 is 1.24 bits per heavy atom. The van der Waals surface area contributed by atoms with Crippen LogP contribution in [0.2, 0.25) is 0 Å². The number of rotatable bonds is 4. The van der Waals surface area contributed by atoms with Crippen LogP contribution in [0.15, 0.2) is 18.2 Å². The Hall–Kier alpha value is -1.26. The molecule has 1 atom stereocenters. The van der Waals surface area contributed by atoms with Crippen LogP contribution >= 0.6 is 0 Å². The van der Waals surface area contributed by atoms with E-state index in [2.05, 4.69) is 11.4 Å². The Balaban J connectivity index is 1.51. The molecule has 2 heterocycles. The molecule has 1 saturated heterocycles. The summed E-state index contributed by atoms with van der Waals surface area (Å²) in [5.41, 5.74) is 1.22. The average molecular weight is 235 g/mol. The van der Waals surface area contributed by atoms with E-state index in [0.29, 0.717) is 12.9 Å². The maximum absolute atomic E-state index is 5.56. The van der Waals surface area contributed by atoms with Gasteiger partial charge in [0.2, 0.25) is 6.79 Å². The zero-order valence-corrected chi connectivity index (χ0v) is 9.78. The summed E-state index contributed by atoms with van der Waals surface area (Å²) in [4.78, 5) is 0. The van der Waals surface area contributed by atoms with E-state index in [-0.39, 0.29) is 0 Å². The molecule has 0 spiro atoms. The van der Waals surface area contributed by atoms with Crippen molar-refractivity contribution in [3.05, 3.63) is 23.8 Å². The van der Waals surface area contributed by atoms with Crippen LogP contribution in [0.25, 0.3) is 0 Å². The van der Waals surface area contributed by atoms with Crippen molar-refractivity contribution >= 4 is 0 Å². The Labute approximate surface area is 101 Å². The fourth-order valence-electron chi connectivity index (χ4n) is 2.23. The quantitative estimate of drug-likeness (QED) is 0.862. The summed E-state index contributed by atoms with van der Waals surface area (Å²) in [6, 6.07) is 6.06. The van der Waals surface area contributed by atoms with Crippen LogP contribution in [0.3, 0.4) is 0 Å². The van der Waals surface area contributed by atoms with E-state index in [4.69, 9.17) is 14.2 Å². The van der Waals surface area contributed by atoms with E-state index in [0.717, 1.165) is 31.2 Å². The second-order valence-corrected chi connectivity index (χ2v) is 4.45. The minimum atomic E-state index is 0.335. The van der Waals surface area contributed by atoms with Crippen LogP contribution in [-0.2, 0) is 11.3 Å². The third-order valence-corrected chi connectivity index (χ3v) is 3.16. The van der Waals surface area contributed by atoms with Crippen LogP contribution in [0.5, 0.6) is 11.5 Å². The second-order valence-electron chi connectivity index (χ2n) is 4.45. The number of fused-ring (bicyclic) bond motifs is 1. The molecule has 1 fully saturated rings. The van der Waals surface area contributed by atoms with Gasteiger partial charge in [0.15, 0.2) is 11.5 Å². The second kappa shape index (κ2) is 4.94. The highest BCUT2D eigenvalue weighted by atomic mass is 16.7. The van der Waals surface area contributed by atoms with Gasteiger partial charge in [-0.05, 0) is 30.5 Å². The van der Waals surface area contributed by atoms with Crippen molar-refractivity contribution in [2.75, 3.05) is 19.9 Å². The zero-order chi connectivity index (χ0) is 11.5. The summed E-state index contributed by atoms with van der Waals surface area (Å²) in [5, 5.41) is 3.41. The minimum absolute atomic E-state index is 0.335. The lowest BCUT2D eigenvalue weighted by Gasteiger charge is -2.10. The number of hydrogen-bond acceptors (Lipinski definition) is 4. The van der Waals surface area contributed by atoms with Crippen LogP contribution in [-0.4, -0.2) is 26.0 Å². The predicted molar refractivity (Wildman–Crippen MR) is 63.2 cm³/mol. The van der Waals surface area contributed by atoms with Gasteiger partial charge in [0.25, 0.3) is 0 Å². The van der Waals surface area contributed by atoms with Gasteiger partial charge in [-0.25, -0.2) is 0 Å². The van der Waals surface area contributed by atoms with Crippen molar-refractivity contribution in [1.82, 2.24) is 5.32 Å². The Kier molecular flexibility index (Phi) is 3.16. The maximum atomic E-state index is 5.56. The van der Waals surface area contributed by atoms with Crippen LogP contribution < -0.4 is 14.8 Å². The molecule has 3 rings (SSSR count). The summed E-state index contributed by atoms with van der Waals surface area (Å²) in [6.45, 7) is 3.02. The topological polar surface area (TPSA) is 39.7 Å². The van der Waals surface area contributed by atoms with Gasteiger partial charge in [-0.1, -0.05) is 6.07 Å². The number of hydrogen-bond donors (Lipinski definition) is 1. The fourth-order valence-corrected chi connectivity index (χ4v) is 2.23. The number of ether oxygens (including phenoxy) is 3. The third-order valence-electron chi connectivity index (χ3n) is 3.16. The van der Waals surface area contributed by atoms with E-state index in [9.17, 15) is 0 Å². The molecule has 0 saturated carbocycles. The fraction of sp³-hybridized carbons (Fsp3) is 0.538. The van der Waals surface area contributed by atoms with E-state index < -0.39 is 0 Å². The predicted octanol–water partition coefficient (Wildman–Crippen LogP) is 1.68. The van der Waals surface area contributed by atoms with Gasteiger partial charge in [-0.2, -0.15) is 0 Å². The molecule has 92 valence electrons. The van der Waals surface area contributed by atoms with E-state index in [1.807, 2.05) is 12.1 Å². The smallest absolute Gasteiger partial charge is 0.231 e. The third kappa shape index (κ3) is 2.53. The Morgan fingerprint density at radius 2 is 2.18 bits per heavy atom. The summed E-state index contributed by atoms with van der Waals surface area (Å²) in [7, 11) is 0. The lowest BCUT2D eigenvalue weighted by Crippen LogP contribution is -2.25. The minimum Gasteiger partial charge on any atom is -0.454 e. The molecule has 1 unspecified atom stereocenters. The van der Waals surface area contributed by atoms with Crippen LogP contribution in [0.1, 0.15) is 18.4 Å². The first kappa shape index (κ1) is 10.9. The van der Waals surface area contributed by atoms with Gasteiger partial charge in [0.1, 0.15) is 0 Å². The molecule has 1 aromatic carbocycles. The van der Waals surface area contributed by atoms with Crippen LogP contribution in [0.4, 0.5) is 0 Å². The van der Waals surface area contributed by atoms with E-state index >= 15 is 0 Å². The van der Waals surface area contributed by atoms with Gasteiger partial charge in [-0.15, -0.1) is 0 Å². The SMILES string of the molecule is c1cc2c(cc1CNCC1CCCO1)OCO2. The summed E-state index contributed by atoms with van der Waals surface area (Å²) in [5.74, 6) is 1.69. The standard InChI is InChI=1S/C13H17NO3/c1-2-11(15-5-1)8-14-7-10-3-4-12-13(6-10)17-9-16-12/h3-4,6,11,14H,1-2,5,7-9H2. The van der Waals surface area contributed by atoms with Crippen molar-refractivity contribution in [2.24, 2.45) is 0 Å². The van der Waals surface area contributed by atoms with Crippen molar-refractivity contribution in [3.8, 4) is 11.5 Å². The van der Waals surface area contributed by atoms with E-state index in [1.165, 1.54) is 18.4 Å². The van der Waals surface area contributed by atoms with Gasteiger partial charge in [0.05, 0.1) is 6.10 Å². The normalized spacial score (nSPS) is 22.0. The van der Waals surface area contributed by atoms with E-state index in [1.54, 1.807) is 0 Å². The molecular weight excluding hydrogens is 218 g/mol. The van der Waals surface area contributed by atoms with Crippen LogP contribution in [0, 0.1) is 0 Å². The molecule has 4 nitrogen and oxygen atoms in total. The first-order valence-corrected chi connectivity index (χ1v) is 6.13. The number of nitrogens with one attached hydrogen (secondary N) is 1. The van der Waals surface area contributed by atoms with Gasteiger partial charge in [0, 0.05) is 19.7 Å². The lowest BCUT2D eigenvalue weighted by molar-refractivity contribution is 0.110. The molecule has 0 radical (unpaired) electrons. The average Bonchev–Trinajstić information content (AvgIpc) is 2.98. The maximum Gasteiger partial charge on any atom is 0.231 e. The van der Waals surface area contributed by atoms with Gasteiger partial charge < -0.3 is 19.5 Å². The largest absolute Gasteiger partial charge is 0.454 e.